The van der Waals surface area contributed by atoms with Crippen LogP contribution in [0.2, 0.25) is 0 Å². The minimum Gasteiger partial charge on any atom is -0.484 e. The van der Waals surface area contributed by atoms with Crippen molar-refractivity contribution in [2.45, 2.75) is 6.92 Å². The number of morpholine rings is 1. The molecule has 2 rings (SSSR count). The standard InChI is InChI=1S/C18H20N2O5/c1-2-24-18(22)15(12-19)11-14-3-5-16(6-4-14)25-13-17(21)20-7-9-23-10-8-20/h3-6,11H,2,7-10,13H2,1H3. The van der Waals surface area contributed by atoms with Crippen molar-refractivity contribution in [3.8, 4) is 11.8 Å². The van der Waals surface area contributed by atoms with Gasteiger partial charge in [-0.3, -0.25) is 4.79 Å². The Morgan fingerprint density at radius 2 is 1.96 bits per heavy atom. The molecule has 1 aromatic carbocycles. The van der Waals surface area contributed by atoms with E-state index < -0.39 is 5.97 Å². The Balaban J connectivity index is 1.92. The number of rotatable bonds is 6. The average Bonchev–Trinajstić information content (AvgIpc) is 2.66. The van der Waals surface area contributed by atoms with Gasteiger partial charge in [-0.15, -0.1) is 0 Å². The smallest absolute Gasteiger partial charge is 0.348 e. The molecule has 1 fully saturated rings. The highest BCUT2D eigenvalue weighted by molar-refractivity contribution is 5.97. The van der Waals surface area contributed by atoms with Crippen LogP contribution in [0.15, 0.2) is 29.8 Å². The number of esters is 1. The summed E-state index contributed by atoms with van der Waals surface area (Å²) in [5.41, 5.74) is 0.592. The van der Waals surface area contributed by atoms with Crippen LogP contribution in [0.25, 0.3) is 6.08 Å². The maximum Gasteiger partial charge on any atom is 0.348 e. The van der Waals surface area contributed by atoms with Crippen molar-refractivity contribution < 1.29 is 23.8 Å². The lowest BCUT2D eigenvalue weighted by Crippen LogP contribution is -2.42. The quantitative estimate of drug-likeness (QED) is 0.440. The van der Waals surface area contributed by atoms with E-state index in [9.17, 15) is 9.59 Å². The van der Waals surface area contributed by atoms with Crippen molar-refractivity contribution in [2.75, 3.05) is 39.5 Å². The lowest BCUT2D eigenvalue weighted by molar-refractivity contribution is -0.138. The molecule has 0 saturated carbocycles. The van der Waals surface area contributed by atoms with Crippen LogP contribution in [0.3, 0.4) is 0 Å². The molecular formula is C18H20N2O5. The average molecular weight is 344 g/mol. The van der Waals surface area contributed by atoms with E-state index in [-0.39, 0.29) is 24.7 Å². The summed E-state index contributed by atoms with van der Waals surface area (Å²) in [5.74, 6) is -0.198. The van der Waals surface area contributed by atoms with Crippen LogP contribution in [-0.2, 0) is 19.1 Å². The van der Waals surface area contributed by atoms with Crippen LogP contribution in [0.4, 0.5) is 0 Å². The molecule has 1 heterocycles. The SMILES string of the molecule is CCOC(=O)C(C#N)=Cc1ccc(OCC(=O)N2CCOCC2)cc1. The molecule has 1 aliphatic rings. The van der Waals surface area contributed by atoms with Gasteiger partial charge in [-0.1, -0.05) is 12.1 Å². The number of carbonyl (C=O) groups is 2. The van der Waals surface area contributed by atoms with E-state index in [1.165, 1.54) is 6.08 Å². The molecule has 0 unspecified atom stereocenters. The maximum absolute atomic E-state index is 12.0. The highest BCUT2D eigenvalue weighted by Crippen LogP contribution is 2.15. The Bertz CT molecular complexity index is 670. The molecule has 7 nitrogen and oxygen atoms in total. The predicted octanol–water partition coefficient (Wildman–Crippen LogP) is 1.39. The van der Waals surface area contributed by atoms with Gasteiger partial charge in [0.2, 0.25) is 0 Å². The summed E-state index contributed by atoms with van der Waals surface area (Å²) in [4.78, 5) is 25.3. The first-order valence-electron chi connectivity index (χ1n) is 8.01. The monoisotopic (exact) mass is 344 g/mol. The van der Waals surface area contributed by atoms with E-state index in [1.807, 2.05) is 6.07 Å². The zero-order valence-corrected chi connectivity index (χ0v) is 14.1. The number of carbonyl (C=O) groups excluding carboxylic acids is 2. The highest BCUT2D eigenvalue weighted by atomic mass is 16.5. The third-order valence-electron chi connectivity index (χ3n) is 3.53. The van der Waals surface area contributed by atoms with Gasteiger partial charge in [0, 0.05) is 13.1 Å². The largest absolute Gasteiger partial charge is 0.484 e. The van der Waals surface area contributed by atoms with Crippen molar-refractivity contribution in [3.63, 3.8) is 0 Å². The number of nitriles is 1. The summed E-state index contributed by atoms with van der Waals surface area (Å²) in [5, 5.41) is 9.01. The molecule has 0 aliphatic carbocycles. The van der Waals surface area contributed by atoms with E-state index >= 15 is 0 Å². The molecule has 0 bridgehead atoms. The Hall–Kier alpha value is -2.85. The Kier molecular flexibility index (Phi) is 6.99. The Morgan fingerprint density at radius 1 is 1.28 bits per heavy atom. The number of hydrogen-bond acceptors (Lipinski definition) is 6. The van der Waals surface area contributed by atoms with Crippen LogP contribution in [-0.4, -0.2) is 56.3 Å². The summed E-state index contributed by atoms with van der Waals surface area (Å²) in [7, 11) is 0. The minimum atomic E-state index is -0.651. The first-order chi connectivity index (χ1) is 12.1. The zero-order valence-electron chi connectivity index (χ0n) is 14.1. The lowest BCUT2D eigenvalue weighted by Gasteiger charge is -2.26. The van der Waals surface area contributed by atoms with Gasteiger partial charge in [0.1, 0.15) is 17.4 Å². The number of hydrogen-bond donors (Lipinski definition) is 0. The van der Waals surface area contributed by atoms with E-state index in [4.69, 9.17) is 19.5 Å². The predicted molar refractivity (Wildman–Crippen MR) is 89.6 cm³/mol. The van der Waals surface area contributed by atoms with Crippen LogP contribution >= 0.6 is 0 Å². The topological polar surface area (TPSA) is 88.9 Å². The van der Waals surface area contributed by atoms with E-state index in [0.717, 1.165) is 0 Å². The van der Waals surface area contributed by atoms with Crippen LogP contribution < -0.4 is 4.74 Å². The number of ether oxygens (including phenoxy) is 3. The Morgan fingerprint density at radius 3 is 2.56 bits per heavy atom. The normalized spacial score (nSPS) is 14.6. The molecular weight excluding hydrogens is 324 g/mol. The van der Waals surface area contributed by atoms with Gasteiger partial charge in [0.05, 0.1) is 19.8 Å². The van der Waals surface area contributed by atoms with Crippen molar-refractivity contribution in [1.82, 2.24) is 4.90 Å². The molecule has 0 spiro atoms. The van der Waals surface area contributed by atoms with Gasteiger partial charge in [-0.25, -0.2) is 4.79 Å². The lowest BCUT2D eigenvalue weighted by atomic mass is 10.1. The van der Waals surface area contributed by atoms with Crippen molar-refractivity contribution in [1.29, 1.82) is 5.26 Å². The molecule has 7 heteroatoms. The molecule has 1 amide bonds. The summed E-state index contributed by atoms with van der Waals surface area (Å²) in [6, 6.07) is 8.58. The minimum absolute atomic E-state index is 0.0402. The van der Waals surface area contributed by atoms with Gasteiger partial charge in [-0.05, 0) is 30.7 Å². The zero-order chi connectivity index (χ0) is 18.1. The molecule has 0 atom stereocenters. The molecule has 0 aromatic heterocycles. The summed E-state index contributed by atoms with van der Waals surface area (Å²) >= 11 is 0. The first kappa shape index (κ1) is 18.5. The van der Waals surface area contributed by atoms with Crippen LogP contribution in [0.1, 0.15) is 12.5 Å². The van der Waals surface area contributed by atoms with Gasteiger partial charge in [-0.2, -0.15) is 5.26 Å². The number of amides is 1. The number of benzene rings is 1. The Labute approximate surface area is 146 Å². The van der Waals surface area contributed by atoms with E-state index in [1.54, 1.807) is 36.1 Å². The molecule has 1 aliphatic heterocycles. The van der Waals surface area contributed by atoms with E-state index in [2.05, 4.69) is 0 Å². The molecule has 1 saturated heterocycles. The summed E-state index contributed by atoms with van der Waals surface area (Å²) < 4.78 is 15.5. The van der Waals surface area contributed by atoms with Gasteiger partial charge < -0.3 is 19.1 Å². The van der Waals surface area contributed by atoms with Crippen molar-refractivity contribution >= 4 is 18.0 Å². The first-order valence-corrected chi connectivity index (χ1v) is 8.01. The van der Waals surface area contributed by atoms with Crippen molar-refractivity contribution in [3.05, 3.63) is 35.4 Å². The third-order valence-corrected chi connectivity index (χ3v) is 3.53. The van der Waals surface area contributed by atoms with E-state index in [0.29, 0.717) is 37.6 Å². The maximum atomic E-state index is 12.0. The van der Waals surface area contributed by atoms with Gasteiger partial charge >= 0.3 is 5.97 Å². The van der Waals surface area contributed by atoms with Gasteiger partial charge in [0.25, 0.3) is 5.91 Å². The molecule has 0 radical (unpaired) electrons. The van der Waals surface area contributed by atoms with Crippen LogP contribution in [0, 0.1) is 11.3 Å². The second-order valence-electron chi connectivity index (χ2n) is 5.24. The molecule has 0 N–H and O–H groups in total. The fourth-order valence-corrected chi connectivity index (χ4v) is 2.22. The fourth-order valence-electron chi connectivity index (χ4n) is 2.22. The fraction of sp³-hybridized carbons (Fsp3) is 0.389. The highest BCUT2D eigenvalue weighted by Gasteiger charge is 2.17. The third kappa shape index (κ3) is 5.62. The van der Waals surface area contributed by atoms with Crippen LogP contribution in [0.5, 0.6) is 5.75 Å². The number of nitrogens with zero attached hydrogens (tertiary/aromatic N) is 2. The summed E-state index contributed by atoms with van der Waals surface area (Å²) in [6.07, 6.45) is 1.45. The molecule has 1 aromatic rings. The molecule has 25 heavy (non-hydrogen) atoms. The second-order valence-corrected chi connectivity index (χ2v) is 5.24. The second kappa shape index (κ2) is 9.45. The molecule has 132 valence electrons. The van der Waals surface area contributed by atoms with Gasteiger partial charge in [0.15, 0.2) is 6.61 Å². The van der Waals surface area contributed by atoms with Crippen molar-refractivity contribution in [2.24, 2.45) is 0 Å². The summed E-state index contributed by atoms with van der Waals surface area (Å²) in [6.45, 7) is 4.11.